The molecular formula is C23H25NO3. The topological polar surface area (TPSA) is 58.6 Å². The summed E-state index contributed by atoms with van der Waals surface area (Å²) in [7, 11) is 0. The quantitative estimate of drug-likeness (QED) is 0.861. The number of alkyl carbamates (subject to hydrolysis) is 1. The first-order valence-electron chi connectivity index (χ1n) is 9.97. The van der Waals surface area contributed by atoms with Crippen LogP contribution in [0.25, 0.3) is 11.1 Å². The Morgan fingerprint density at radius 2 is 1.74 bits per heavy atom. The lowest BCUT2D eigenvalue weighted by Crippen LogP contribution is -2.58. The number of aliphatic hydroxyl groups is 1. The van der Waals surface area contributed by atoms with Gasteiger partial charge in [0, 0.05) is 12.5 Å². The fraction of sp³-hybridized carbons (Fsp3) is 0.435. The normalized spacial score (nSPS) is 28.0. The summed E-state index contributed by atoms with van der Waals surface area (Å²) in [5, 5.41) is 13.5. The summed E-state index contributed by atoms with van der Waals surface area (Å²) >= 11 is 0. The van der Waals surface area contributed by atoms with E-state index in [0.29, 0.717) is 25.0 Å². The summed E-state index contributed by atoms with van der Waals surface area (Å²) in [5.41, 5.74) is 4.12. The van der Waals surface area contributed by atoms with Crippen LogP contribution in [0, 0.1) is 11.8 Å². The Kier molecular flexibility index (Phi) is 3.97. The molecule has 0 radical (unpaired) electrons. The molecule has 5 rings (SSSR count). The van der Waals surface area contributed by atoms with Crippen LogP contribution in [-0.4, -0.2) is 30.0 Å². The molecule has 2 aromatic carbocycles. The Balaban J connectivity index is 1.22. The number of ether oxygens (including phenoxy) is 1. The van der Waals surface area contributed by atoms with E-state index in [1.807, 2.05) is 24.3 Å². The summed E-state index contributed by atoms with van der Waals surface area (Å²) in [4.78, 5) is 12.3. The van der Waals surface area contributed by atoms with Gasteiger partial charge in [0.15, 0.2) is 0 Å². The summed E-state index contributed by atoms with van der Waals surface area (Å²) in [6.45, 7) is 0.606. The van der Waals surface area contributed by atoms with Gasteiger partial charge in [0.1, 0.15) is 6.61 Å². The molecule has 0 saturated heterocycles. The molecule has 0 aliphatic heterocycles. The van der Waals surface area contributed by atoms with Gasteiger partial charge in [-0.25, -0.2) is 4.79 Å². The van der Waals surface area contributed by atoms with Gasteiger partial charge in [-0.15, -0.1) is 0 Å². The first-order valence-corrected chi connectivity index (χ1v) is 9.97. The molecule has 0 heterocycles. The maximum Gasteiger partial charge on any atom is 0.407 e. The van der Waals surface area contributed by atoms with Crippen LogP contribution in [0.15, 0.2) is 48.5 Å². The highest BCUT2D eigenvalue weighted by atomic mass is 16.5. The summed E-state index contributed by atoms with van der Waals surface area (Å²) in [5.74, 6) is 1.07. The average Bonchev–Trinajstić information content (AvgIpc) is 3.24. The summed E-state index contributed by atoms with van der Waals surface area (Å²) in [6, 6.07) is 16.6. The van der Waals surface area contributed by atoms with E-state index in [-0.39, 0.29) is 5.92 Å². The smallest absolute Gasteiger partial charge is 0.407 e. The van der Waals surface area contributed by atoms with Gasteiger partial charge in [-0.2, -0.15) is 0 Å². The third-order valence-electron chi connectivity index (χ3n) is 6.85. The van der Waals surface area contributed by atoms with Gasteiger partial charge in [0.2, 0.25) is 0 Å². The number of amides is 1. The molecular weight excluding hydrogens is 338 g/mol. The van der Waals surface area contributed by atoms with Crippen molar-refractivity contribution in [3.8, 4) is 11.1 Å². The second kappa shape index (κ2) is 6.38. The van der Waals surface area contributed by atoms with Crippen LogP contribution in [0.3, 0.4) is 0 Å². The molecule has 4 nitrogen and oxygen atoms in total. The average molecular weight is 363 g/mol. The van der Waals surface area contributed by atoms with Crippen molar-refractivity contribution in [3.05, 3.63) is 59.7 Å². The Morgan fingerprint density at radius 3 is 2.41 bits per heavy atom. The van der Waals surface area contributed by atoms with Crippen molar-refractivity contribution in [2.24, 2.45) is 11.8 Å². The molecule has 2 saturated carbocycles. The molecule has 2 fully saturated rings. The minimum Gasteiger partial charge on any atom is -0.449 e. The zero-order valence-electron chi connectivity index (χ0n) is 15.4. The Bertz CT molecular complexity index is 834. The second-order valence-corrected chi connectivity index (χ2v) is 8.28. The van der Waals surface area contributed by atoms with E-state index >= 15 is 0 Å². The zero-order chi connectivity index (χ0) is 18.4. The molecule has 3 aliphatic carbocycles. The maximum absolute atomic E-state index is 12.3. The fourth-order valence-electron chi connectivity index (χ4n) is 5.51. The molecule has 0 aromatic heterocycles. The minimum atomic E-state index is -0.729. The molecule has 1 amide bonds. The number of fused-ring (bicyclic) bond motifs is 4. The van der Waals surface area contributed by atoms with Crippen molar-refractivity contribution in [3.63, 3.8) is 0 Å². The molecule has 27 heavy (non-hydrogen) atoms. The number of hydrogen-bond donors (Lipinski definition) is 2. The predicted octanol–water partition coefficient (Wildman–Crippen LogP) is 4.08. The fourth-order valence-corrected chi connectivity index (χ4v) is 5.51. The van der Waals surface area contributed by atoms with Crippen molar-refractivity contribution in [1.29, 1.82) is 0 Å². The monoisotopic (exact) mass is 363 g/mol. The maximum atomic E-state index is 12.3. The van der Waals surface area contributed by atoms with Crippen molar-refractivity contribution >= 4 is 6.09 Å². The number of carbonyl (C=O) groups is 1. The van der Waals surface area contributed by atoms with Gasteiger partial charge in [0.05, 0.1) is 5.60 Å². The molecule has 3 aliphatic rings. The van der Waals surface area contributed by atoms with E-state index in [1.54, 1.807) is 0 Å². The molecule has 0 spiro atoms. The third kappa shape index (κ3) is 2.74. The van der Waals surface area contributed by atoms with Crippen LogP contribution >= 0.6 is 0 Å². The predicted molar refractivity (Wildman–Crippen MR) is 103 cm³/mol. The van der Waals surface area contributed by atoms with E-state index in [1.165, 1.54) is 35.1 Å². The first kappa shape index (κ1) is 16.8. The molecule has 3 unspecified atom stereocenters. The highest BCUT2D eigenvalue weighted by molar-refractivity contribution is 5.79. The Hall–Kier alpha value is -2.33. The van der Waals surface area contributed by atoms with Crippen molar-refractivity contribution in [2.75, 3.05) is 13.2 Å². The number of hydrogen-bond acceptors (Lipinski definition) is 3. The number of carbonyl (C=O) groups excluding carboxylic acids is 1. The van der Waals surface area contributed by atoms with Crippen molar-refractivity contribution in [1.82, 2.24) is 5.32 Å². The van der Waals surface area contributed by atoms with Gasteiger partial charge in [-0.3, -0.25) is 0 Å². The lowest BCUT2D eigenvalue weighted by atomic mass is 9.63. The Morgan fingerprint density at radius 1 is 1.07 bits per heavy atom. The summed E-state index contributed by atoms with van der Waals surface area (Å²) in [6.07, 6.45) is 3.86. The highest BCUT2D eigenvalue weighted by Crippen LogP contribution is 2.53. The number of rotatable bonds is 4. The largest absolute Gasteiger partial charge is 0.449 e. The molecule has 140 valence electrons. The molecule has 4 heteroatoms. The van der Waals surface area contributed by atoms with Gasteiger partial charge in [-0.05, 0) is 53.4 Å². The van der Waals surface area contributed by atoms with Crippen LogP contribution in [0.2, 0.25) is 0 Å². The van der Waals surface area contributed by atoms with Crippen LogP contribution < -0.4 is 5.32 Å². The Labute approximate surface area is 159 Å². The lowest BCUT2D eigenvalue weighted by Gasteiger charge is -2.48. The van der Waals surface area contributed by atoms with E-state index in [2.05, 4.69) is 29.6 Å². The first-order chi connectivity index (χ1) is 13.2. The van der Waals surface area contributed by atoms with Gasteiger partial charge < -0.3 is 15.2 Å². The molecule has 3 atom stereocenters. The van der Waals surface area contributed by atoms with E-state index in [4.69, 9.17) is 4.74 Å². The zero-order valence-corrected chi connectivity index (χ0v) is 15.4. The number of benzene rings is 2. The van der Waals surface area contributed by atoms with E-state index in [0.717, 1.165) is 12.8 Å². The van der Waals surface area contributed by atoms with Gasteiger partial charge >= 0.3 is 6.09 Å². The van der Waals surface area contributed by atoms with Crippen LogP contribution in [-0.2, 0) is 4.74 Å². The van der Waals surface area contributed by atoms with E-state index in [9.17, 15) is 9.90 Å². The lowest BCUT2D eigenvalue weighted by molar-refractivity contribution is -0.121. The van der Waals surface area contributed by atoms with Crippen molar-refractivity contribution in [2.45, 2.75) is 37.2 Å². The molecule has 2 N–H and O–H groups in total. The van der Waals surface area contributed by atoms with Gasteiger partial charge in [-0.1, -0.05) is 55.0 Å². The van der Waals surface area contributed by atoms with Crippen LogP contribution in [0.1, 0.15) is 42.7 Å². The molecule has 0 bridgehead atoms. The third-order valence-corrected chi connectivity index (χ3v) is 6.85. The standard InChI is InChI=1S/C23H25NO3/c25-22(24-14-23(26)12-15-6-5-11-21(15)23)27-13-20-18-9-3-1-7-16(18)17-8-2-4-10-19(17)20/h1-4,7-10,15,20-21,26H,5-6,11-14H2,(H,24,25). The van der Waals surface area contributed by atoms with Gasteiger partial charge in [0.25, 0.3) is 0 Å². The van der Waals surface area contributed by atoms with Crippen molar-refractivity contribution < 1.29 is 14.6 Å². The summed E-state index contributed by atoms with van der Waals surface area (Å²) < 4.78 is 5.55. The molecule has 2 aromatic rings. The van der Waals surface area contributed by atoms with E-state index < -0.39 is 11.7 Å². The SMILES string of the molecule is O=C(NCC1(O)CC2CCCC21)OCC1c2ccccc2-c2ccccc21. The van der Waals surface area contributed by atoms with Crippen LogP contribution in [0.5, 0.6) is 0 Å². The van der Waals surface area contributed by atoms with Crippen LogP contribution in [0.4, 0.5) is 4.79 Å². The highest BCUT2D eigenvalue weighted by Gasteiger charge is 2.54. The number of nitrogens with one attached hydrogen (secondary N) is 1. The second-order valence-electron chi connectivity index (χ2n) is 8.28. The minimum absolute atomic E-state index is 0.0640.